The van der Waals surface area contributed by atoms with Gasteiger partial charge in [-0.3, -0.25) is 9.36 Å². The highest BCUT2D eigenvalue weighted by atomic mass is 16.2. The lowest BCUT2D eigenvalue weighted by atomic mass is 10.0. The largest absolute Gasteiger partial charge is 0.353 e. The van der Waals surface area contributed by atoms with Crippen molar-refractivity contribution in [3.05, 3.63) is 91.3 Å². The number of amides is 1. The van der Waals surface area contributed by atoms with Crippen LogP contribution < -0.4 is 4.90 Å². The van der Waals surface area contributed by atoms with Crippen molar-refractivity contribution in [1.29, 1.82) is 0 Å². The van der Waals surface area contributed by atoms with E-state index < -0.39 is 0 Å². The van der Waals surface area contributed by atoms with Gasteiger partial charge < -0.3 is 9.80 Å². The van der Waals surface area contributed by atoms with Crippen molar-refractivity contribution < 1.29 is 4.79 Å². The van der Waals surface area contributed by atoms with Gasteiger partial charge in [0.1, 0.15) is 24.3 Å². The lowest BCUT2D eigenvalue weighted by Crippen LogP contribution is -2.49. The van der Waals surface area contributed by atoms with E-state index in [1.165, 1.54) is 0 Å². The maximum atomic E-state index is 13.0. The van der Waals surface area contributed by atoms with Crippen LogP contribution in [0.25, 0.3) is 16.9 Å². The lowest BCUT2D eigenvalue weighted by molar-refractivity contribution is 0.0746. The molecule has 0 aliphatic carbocycles. The van der Waals surface area contributed by atoms with E-state index in [-0.39, 0.29) is 5.91 Å². The zero-order valence-electron chi connectivity index (χ0n) is 17.0. The van der Waals surface area contributed by atoms with Gasteiger partial charge in [0, 0.05) is 50.2 Å². The SMILES string of the molecule is O=C(c1ccc(-c2ccccc2)cc1)N1CCN(c2cc(-n3ccnc3)ncn2)CC1. The first-order valence-electron chi connectivity index (χ1n) is 10.3. The Kier molecular flexibility index (Phi) is 5.14. The molecule has 154 valence electrons. The maximum Gasteiger partial charge on any atom is 0.253 e. The number of carbonyl (C=O) groups excluding carboxylic acids is 1. The van der Waals surface area contributed by atoms with E-state index in [1.54, 1.807) is 18.9 Å². The summed E-state index contributed by atoms with van der Waals surface area (Å²) in [6, 6.07) is 20.0. The molecule has 7 heteroatoms. The van der Waals surface area contributed by atoms with Gasteiger partial charge in [0.05, 0.1) is 0 Å². The summed E-state index contributed by atoms with van der Waals surface area (Å²) in [5, 5.41) is 0. The fourth-order valence-corrected chi connectivity index (χ4v) is 3.80. The molecule has 1 aliphatic rings. The van der Waals surface area contributed by atoms with Gasteiger partial charge in [-0.2, -0.15) is 0 Å². The normalized spacial score (nSPS) is 13.9. The van der Waals surface area contributed by atoms with Gasteiger partial charge in [0.2, 0.25) is 0 Å². The van der Waals surface area contributed by atoms with Crippen molar-refractivity contribution in [2.75, 3.05) is 31.1 Å². The summed E-state index contributed by atoms with van der Waals surface area (Å²) in [4.78, 5) is 29.9. The molecular weight excluding hydrogens is 388 g/mol. The standard InChI is InChI=1S/C24H22N6O/c31-24(21-8-6-20(7-9-21)19-4-2-1-3-5-19)29-14-12-28(13-15-29)22-16-23(27-17-26-22)30-11-10-25-18-30/h1-11,16-18H,12-15H2. The third-order valence-electron chi connectivity index (χ3n) is 5.54. The highest BCUT2D eigenvalue weighted by Crippen LogP contribution is 2.21. The minimum atomic E-state index is 0.0704. The summed E-state index contributed by atoms with van der Waals surface area (Å²) in [7, 11) is 0. The second-order valence-electron chi connectivity index (χ2n) is 7.43. The zero-order chi connectivity index (χ0) is 21.0. The molecule has 5 rings (SSSR count). The third-order valence-corrected chi connectivity index (χ3v) is 5.54. The molecule has 4 aromatic rings. The van der Waals surface area contributed by atoms with Crippen molar-refractivity contribution in [1.82, 2.24) is 24.4 Å². The topological polar surface area (TPSA) is 67.2 Å². The molecule has 0 atom stereocenters. The fraction of sp³-hybridized carbons (Fsp3) is 0.167. The number of nitrogens with zero attached hydrogens (tertiary/aromatic N) is 6. The first-order chi connectivity index (χ1) is 15.3. The molecular formula is C24H22N6O. The number of aromatic nitrogens is 4. The van der Waals surface area contributed by atoms with E-state index in [0.717, 1.165) is 41.4 Å². The van der Waals surface area contributed by atoms with Crippen LogP contribution >= 0.6 is 0 Å². The molecule has 0 spiro atoms. The predicted octanol–water partition coefficient (Wildman–Crippen LogP) is 3.29. The Balaban J connectivity index is 1.23. The van der Waals surface area contributed by atoms with Crippen LogP contribution in [-0.2, 0) is 0 Å². The van der Waals surface area contributed by atoms with Crippen LogP contribution in [0.3, 0.4) is 0 Å². The number of imidazole rings is 1. The van der Waals surface area contributed by atoms with Crippen molar-refractivity contribution in [3.8, 4) is 16.9 Å². The Labute approximate surface area is 180 Å². The van der Waals surface area contributed by atoms with Crippen molar-refractivity contribution in [2.45, 2.75) is 0 Å². The van der Waals surface area contributed by atoms with E-state index in [1.807, 2.05) is 64.2 Å². The Morgan fingerprint density at radius 1 is 0.806 bits per heavy atom. The van der Waals surface area contributed by atoms with Gasteiger partial charge >= 0.3 is 0 Å². The maximum absolute atomic E-state index is 13.0. The predicted molar refractivity (Wildman–Crippen MR) is 119 cm³/mol. The van der Waals surface area contributed by atoms with Crippen LogP contribution in [0.4, 0.5) is 5.82 Å². The summed E-state index contributed by atoms with van der Waals surface area (Å²) in [6.45, 7) is 2.77. The Morgan fingerprint density at radius 3 is 2.23 bits per heavy atom. The highest BCUT2D eigenvalue weighted by molar-refractivity contribution is 5.95. The van der Waals surface area contributed by atoms with E-state index >= 15 is 0 Å². The van der Waals surface area contributed by atoms with E-state index in [9.17, 15) is 4.79 Å². The van der Waals surface area contributed by atoms with Gasteiger partial charge in [-0.25, -0.2) is 15.0 Å². The molecule has 2 aromatic heterocycles. The molecule has 0 saturated carbocycles. The smallest absolute Gasteiger partial charge is 0.253 e. The van der Waals surface area contributed by atoms with Crippen LogP contribution in [0.5, 0.6) is 0 Å². The summed E-state index contributed by atoms with van der Waals surface area (Å²) >= 11 is 0. The third kappa shape index (κ3) is 4.02. The molecule has 7 nitrogen and oxygen atoms in total. The quantitative estimate of drug-likeness (QED) is 0.517. The second kappa shape index (κ2) is 8.39. The van der Waals surface area contributed by atoms with Crippen LogP contribution in [-0.4, -0.2) is 56.5 Å². The zero-order valence-corrected chi connectivity index (χ0v) is 17.0. The Hall–Kier alpha value is -4.00. The number of carbonyl (C=O) groups is 1. The summed E-state index contributed by atoms with van der Waals surface area (Å²) < 4.78 is 1.85. The average molecular weight is 410 g/mol. The average Bonchev–Trinajstić information content (AvgIpc) is 3.40. The number of rotatable bonds is 4. The van der Waals surface area contributed by atoms with E-state index in [0.29, 0.717) is 13.1 Å². The van der Waals surface area contributed by atoms with Crippen molar-refractivity contribution >= 4 is 11.7 Å². The highest BCUT2D eigenvalue weighted by Gasteiger charge is 2.23. The second-order valence-corrected chi connectivity index (χ2v) is 7.43. The summed E-state index contributed by atoms with van der Waals surface area (Å²) in [6.07, 6.45) is 6.85. The van der Waals surface area contributed by atoms with Crippen LogP contribution in [0.1, 0.15) is 10.4 Å². The molecule has 0 unspecified atom stereocenters. The molecule has 1 aliphatic heterocycles. The van der Waals surface area contributed by atoms with Gasteiger partial charge in [0.25, 0.3) is 5.91 Å². The minimum Gasteiger partial charge on any atom is -0.353 e. The Bertz CT molecular complexity index is 1150. The van der Waals surface area contributed by atoms with Gasteiger partial charge in [-0.15, -0.1) is 0 Å². The number of anilines is 1. The lowest BCUT2D eigenvalue weighted by Gasteiger charge is -2.35. The molecule has 0 radical (unpaired) electrons. The number of piperazine rings is 1. The van der Waals surface area contributed by atoms with E-state index in [4.69, 9.17) is 0 Å². The molecule has 1 fully saturated rings. The molecule has 1 amide bonds. The van der Waals surface area contributed by atoms with Crippen LogP contribution in [0.2, 0.25) is 0 Å². The molecule has 2 aromatic carbocycles. The van der Waals surface area contributed by atoms with Crippen LogP contribution in [0, 0.1) is 0 Å². The summed E-state index contributed by atoms with van der Waals surface area (Å²) in [5.74, 6) is 1.71. The van der Waals surface area contributed by atoms with Gasteiger partial charge in [0.15, 0.2) is 0 Å². The number of hydrogen-bond donors (Lipinski definition) is 0. The summed E-state index contributed by atoms with van der Waals surface area (Å²) in [5.41, 5.74) is 2.98. The van der Waals surface area contributed by atoms with E-state index in [2.05, 4.69) is 32.0 Å². The van der Waals surface area contributed by atoms with Crippen molar-refractivity contribution in [3.63, 3.8) is 0 Å². The number of benzene rings is 2. The fourth-order valence-electron chi connectivity index (χ4n) is 3.80. The monoisotopic (exact) mass is 410 g/mol. The molecule has 1 saturated heterocycles. The Morgan fingerprint density at radius 2 is 1.52 bits per heavy atom. The molecule has 31 heavy (non-hydrogen) atoms. The van der Waals surface area contributed by atoms with Gasteiger partial charge in [-0.1, -0.05) is 42.5 Å². The first-order valence-corrected chi connectivity index (χ1v) is 10.3. The van der Waals surface area contributed by atoms with Crippen molar-refractivity contribution in [2.24, 2.45) is 0 Å². The molecule has 3 heterocycles. The van der Waals surface area contributed by atoms with Gasteiger partial charge in [-0.05, 0) is 23.3 Å². The first kappa shape index (κ1) is 19.0. The van der Waals surface area contributed by atoms with Crippen LogP contribution in [0.15, 0.2) is 85.7 Å². The minimum absolute atomic E-state index is 0.0704. The molecule has 0 bridgehead atoms. The molecule has 0 N–H and O–H groups in total. The number of hydrogen-bond acceptors (Lipinski definition) is 5.